The zero-order valence-electron chi connectivity index (χ0n) is 13.5. The smallest absolute Gasteiger partial charge is 0.345 e. The van der Waals surface area contributed by atoms with Gasteiger partial charge in [-0.2, -0.15) is 0 Å². The van der Waals surface area contributed by atoms with E-state index in [-0.39, 0.29) is 0 Å². The normalized spacial score (nSPS) is 12.0. The van der Waals surface area contributed by atoms with Crippen LogP contribution in [0.15, 0.2) is 36.4 Å². The largest absolute Gasteiger partial charge is 0.478 e. The van der Waals surface area contributed by atoms with Crippen LogP contribution in [0.3, 0.4) is 0 Å². The molecule has 3 heteroatoms. The van der Waals surface area contributed by atoms with Gasteiger partial charge in [-0.25, -0.2) is 4.79 Å². The van der Waals surface area contributed by atoms with Gasteiger partial charge in [0, 0.05) is 6.42 Å². The van der Waals surface area contributed by atoms with Crippen LogP contribution in [0.25, 0.3) is 0 Å². The summed E-state index contributed by atoms with van der Waals surface area (Å²) in [6.45, 7) is 7.97. The number of carboxylic acids is 1. The second-order valence-electron chi connectivity index (χ2n) is 5.90. The molecule has 0 spiro atoms. The van der Waals surface area contributed by atoms with Crippen LogP contribution in [-0.2, 0) is 11.2 Å². The van der Waals surface area contributed by atoms with Crippen LogP contribution in [0.2, 0.25) is 0 Å². The first-order valence-electron chi connectivity index (χ1n) is 7.39. The monoisotopic (exact) mass is 298 g/mol. The van der Waals surface area contributed by atoms with E-state index >= 15 is 0 Å². The maximum Gasteiger partial charge on any atom is 0.345 e. The Labute approximate surface area is 131 Å². The van der Waals surface area contributed by atoms with E-state index in [9.17, 15) is 9.90 Å². The van der Waals surface area contributed by atoms with Crippen molar-refractivity contribution in [3.8, 4) is 5.75 Å². The summed E-state index contributed by atoms with van der Waals surface area (Å²) in [4.78, 5) is 11.5. The minimum Gasteiger partial charge on any atom is -0.478 e. The lowest BCUT2D eigenvalue weighted by molar-refractivity contribution is -0.145. The van der Waals surface area contributed by atoms with Crippen LogP contribution in [0.5, 0.6) is 5.75 Å². The SMILES string of the molecule is Cc1cc(C)cc(O[C@@H](Cc2ccc(C)cc2C)C(=O)O)c1. The molecule has 0 aromatic heterocycles. The minimum atomic E-state index is -0.945. The van der Waals surface area contributed by atoms with Gasteiger partial charge >= 0.3 is 5.97 Å². The Kier molecular flexibility index (Phi) is 4.86. The van der Waals surface area contributed by atoms with Crippen molar-refractivity contribution in [2.75, 3.05) is 0 Å². The number of carboxylic acid groups (broad SMARTS) is 1. The molecular formula is C19H22O3. The Morgan fingerprint density at radius 2 is 1.64 bits per heavy atom. The fraction of sp³-hybridized carbons (Fsp3) is 0.316. The topological polar surface area (TPSA) is 46.5 Å². The Bertz CT molecular complexity index is 669. The summed E-state index contributed by atoms with van der Waals surface area (Å²) >= 11 is 0. The molecule has 0 saturated heterocycles. The van der Waals surface area contributed by atoms with Gasteiger partial charge in [-0.3, -0.25) is 0 Å². The summed E-state index contributed by atoms with van der Waals surface area (Å²) in [5.41, 5.74) is 5.39. The maximum atomic E-state index is 11.5. The average Bonchev–Trinajstić information content (AvgIpc) is 2.39. The highest BCUT2D eigenvalue weighted by molar-refractivity contribution is 5.73. The highest BCUT2D eigenvalue weighted by atomic mass is 16.5. The third kappa shape index (κ3) is 4.10. The molecule has 116 valence electrons. The summed E-state index contributed by atoms with van der Waals surface area (Å²) < 4.78 is 5.73. The van der Waals surface area contributed by atoms with E-state index in [2.05, 4.69) is 6.07 Å². The van der Waals surface area contributed by atoms with Gasteiger partial charge in [0.2, 0.25) is 0 Å². The number of carbonyl (C=O) groups is 1. The molecule has 0 saturated carbocycles. The zero-order valence-corrected chi connectivity index (χ0v) is 13.5. The first-order chi connectivity index (χ1) is 10.3. The van der Waals surface area contributed by atoms with E-state index in [4.69, 9.17) is 4.74 Å². The first kappa shape index (κ1) is 16.1. The van der Waals surface area contributed by atoms with E-state index in [0.29, 0.717) is 12.2 Å². The van der Waals surface area contributed by atoms with Crippen LogP contribution >= 0.6 is 0 Å². The lowest BCUT2D eigenvalue weighted by Gasteiger charge is -2.17. The predicted octanol–water partition coefficient (Wildman–Crippen LogP) is 3.99. The molecule has 3 nitrogen and oxygen atoms in total. The lowest BCUT2D eigenvalue weighted by Crippen LogP contribution is -2.29. The van der Waals surface area contributed by atoms with Crippen molar-refractivity contribution >= 4 is 5.97 Å². The van der Waals surface area contributed by atoms with Gasteiger partial charge in [-0.05, 0) is 62.1 Å². The van der Waals surface area contributed by atoms with E-state index in [1.54, 1.807) is 0 Å². The van der Waals surface area contributed by atoms with Gasteiger partial charge in [-0.1, -0.05) is 29.8 Å². The highest BCUT2D eigenvalue weighted by Gasteiger charge is 2.21. The van der Waals surface area contributed by atoms with E-state index in [1.165, 1.54) is 5.56 Å². The Morgan fingerprint density at radius 1 is 1.00 bits per heavy atom. The number of aliphatic carboxylic acids is 1. The molecular weight excluding hydrogens is 276 g/mol. The molecule has 2 aromatic carbocycles. The third-order valence-corrected chi connectivity index (χ3v) is 3.65. The summed E-state index contributed by atoms with van der Waals surface area (Å²) in [6.07, 6.45) is -0.531. The maximum absolute atomic E-state index is 11.5. The van der Waals surface area contributed by atoms with Crippen molar-refractivity contribution in [2.24, 2.45) is 0 Å². The molecule has 0 radical (unpaired) electrons. The highest BCUT2D eigenvalue weighted by Crippen LogP contribution is 2.20. The third-order valence-electron chi connectivity index (χ3n) is 3.65. The molecule has 0 aliphatic heterocycles. The van der Waals surface area contributed by atoms with Crippen LogP contribution in [0.4, 0.5) is 0 Å². The van der Waals surface area contributed by atoms with Crippen LogP contribution < -0.4 is 4.74 Å². The lowest BCUT2D eigenvalue weighted by atomic mass is 10.0. The minimum absolute atomic E-state index is 0.356. The summed E-state index contributed by atoms with van der Waals surface area (Å²) in [5, 5.41) is 9.45. The Morgan fingerprint density at radius 3 is 2.18 bits per heavy atom. The van der Waals surface area contributed by atoms with Gasteiger partial charge in [0.15, 0.2) is 6.10 Å². The fourth-order valence-electron chi connectivity index (χ4n) is 2.62. The van der Waals surface area contributed by atoms with Crippen LogP contribution in [-0.4, -0.2) is 17.2 Å². The zero-order chi connectivity index (χ0) is 16.3. The number of benzene rings is 2. The first-order valence-corrected chi connectivity index (χ1v) is 7.39. The van der Waals surface area contributed by atoms with E-state index < -0.39 is 12.1 Å². The van der Waals surface area contributed by atoms with Crippen molar-refractivity contribution in [3.63, 3.8) is 0 Å². The molecule has 0 amide bonds. The molecule has 22 heavy (non-hydrogen) atoms. The number of rotatable bonds is 5. The van der Waals surface area contributed by atoms with Crippen molar-refractivity contribution in [1.29, 1.82) is 0 Å². The molecule has 0 unspecified atom stereocenters. The van der Waals surface area contributed by atoms with E-state index in [0.717, 1.165) is 22.3 Å². The van der Waals surface area contributed by atoms with Gasteiger partial charge in [0.1, 0.15) is 5.75 Å². The predicted molar refractivity (Wildman–Crippen MR) is 87.6 cm³/mol. The standard InChI is InChI=1S/C19H22O3/c1-12-5-6-16(15(4)8-12)11-18(19(20)21)22-17-9-13(2)7-14(3)10-17/h5-10,18H,11H2,1-4H3,(H,20,21)/t18-/m0/s1. The molecule has 0 bridgehead atoms. The second-order valence-corrected chi connectivity index (χ2v) is 5.90. The van der Waals surface area contributed by atoms with Crippen molar-refractivity contribution in [2.45, 2.75) is 40.2 Å². The van der Waals surface area contributed by atoms with Gasteiger partial charge < -0.3 is 9.84 Å². The van der Waals surface area contributed by atoms with Crippen molar-refractivity contribution < 1.29 is 14.6 Å². The van der Waals surface area contributed by atoms with E-state index in [1.807, 2.05) is 58.0 Å². The number of aryl methyl sites for hydroxylation is 4. The summed E-state index contributed by atoms with van der Waals surface area (Å²) in [6, 6.07) is 11.8. The fourth-order valence-corrected chi connectivity index (χ4v) is 2.62. The van der Waals surface area contributed by atoms with Gasteiger partial charge in [0.25, 0.3) is 0 Å². The van der Waals surface area contributed by atoms with Crippen LogP contribution in [0, 0.1) is 27.7 Å². The average molecular weight is 298 g/mol. The number of ether oxygens (including phenoxy) is 1. The molecule has 0 fully saturated rings. The number of hydrogen-bond acceptors (Lipinski definition) is 2. The molecule has 0 heterocycles. The van der Waals surface area contributed by atoms with Crippen molar-refractivity contribution in [3.05, 3.63) is 64.2 Å². The summed E-state index contributed by atoms with van der Waals surface area (Å²) in [7, 11) is 0. The molecule has 1 atom stereocenters. The van der Waals surface area contributed by atoms with Crippen molar-refractivity contribution in [1.82, 2.24) is 0 Å². The Balaban J connectivity index is 2.21. The second kappa shape index (κ2) is 6.65. The molecule has 2 rings (SSSR count). The Hall–Kier alpha value is -2.29. The number of hydrogen-bond donors (Lipinski definition) is 1. The van der Waals surface area contributed by atoms with Crippen LogP contribution in [0.1, 0.15) is 27.8 Å². The molecule has 0 aliphatic rings. The van der Waals surface area contributed by atoms with Gasteiger partial charge in [0.05, 0.1) is 0 Å². The van der Waals surface area contributed by atoms with Gasteiger partial charge in [-0.15, -0.1) is 0 Å². The quantitative estimate of drug-likeness (QED) is 0.907. The molecule has 2 aromatic rings. The molecule has 0 aliphatic carbocycles. The summed E-state index contributed by atoms with van der Waals surface area (Å²) in [5.74, 6) is -0.339. The molecule has 1 N–H and O–H groups in total.